The molecule has 0 saturated heterocycles. The number of carbonyl (C=O) groups is 1. The fourth-order valence-corrected chi connectivity index (χ4v) is 1.82. The van der Waals surface area contributed by atoms with Crippen LogP contribution in [0.5, 0.6) is 0 Å². The summed E-state index contributed by atoms with van der Waals surface area (Å²) in [7, 11) is 1.61. The summed E-state index contributed by atoms with van der Waals surface area (Å²) < 4.78 is 0. The predicted molar refractivity (Wildman–Crippen MR) is 73.9 cm³/mol. The molecule has 1 aromatic heterocycles. The van der Waals surface area contributed by atoms with Crippen LogP contribution >= 0.6 is 0 Å². The Kier molecular flexibility index (Phi) is 3.77. The van der Waals surface area contributed by atoms with Gasteiger partial charge >= 0.3 is 0 Å². The largest absolute Gasteiger partial charge is 0.370 e. The van der Waals surface area contributed by atoms with E-state index in [1.54, 1.807) is 7.05 Å². The topological polar surface area (TPSA) is 54.0 Å². The lowest BCUT2D eigenvalue weighted by atomic mass is 10.1. The van der Waals surface area contributed by atoms with Gasteiger partial charge in [0.2, 0.25) is 0 Å². The number of hydrogen-bond donors (Lipinski definition) is 2. The van der Waals surface area contributed by atoms with E-state index in [0.717, 1.165) is 29.6 Å². The van der Waals surface area contributed by atoms with Crippen molar-refractivity contribution in [1.82, 2.24) is 10.3 Å². The summed E-state index contributed by atoms with van der Waals surface area (Å²) in [6, 6.07) is 9.74. The highest BCUT2D eigenvalue weighted by atomic mass is 16.1. The normalized spacial score (nSPS) is 10.3. The molecule has 0 atom stereocenters. The molecule has 94 valence electrons. The highest BCUT2D eigenvalue weighted by Crippen LogP contribution is 2.22. The number of carbonyl (C=O) groups excluding carboxylic acids is 1. The van der Waals surface area contributed by atoms with E-state index in [2.05, 4.69) is 22.5 Å². The van der Waals surface area contributed by atoms with E-state index in [1.807, 2.05) is 30.3 Å². The van der Waals surface area contributed by atoms with Crippen molar-refractivity contribution in [2.24, 2.45) is 0 Å². The van der Waals surface area contributed by atoms with E-state index in [9.17, 15) is 4.79 Å². The Morgan fingerprint density at radius 2 is 2.11 bits per heavy atom. The molecule has 1 aromatic carbocycles. The van der Waals surface area contributed by atoms with Crippen LogP contribution in [0.1, 0.15) is 23.8 Å². The molecule has 0 saturated carbocycles. The van der Waals surface area contributed by atoms with Gasteiger partial charge in [0.25, 0.3) is 5.91 Å². The first-order valence-corrected chi connectivity index (χ1v) is 6.12. The number of benzene rings is 1. The van der Waals surface area contributed by atoms with Gasteiger partial charge in [-0.05, 0) is 17.9 Å². The molecule has 1 amide bonds. The van der Waals surface area contributed by atoms with E-state index in [-0.39, 0.29) is 5.91 Å². The van der Waals surface area contributed by atoms with Gasteiger partial charge in [-0.15, -0.1) is 0 Å². The predicted octanol–water partition coefficient (Wildman–Crippen LogP) is 2.42. The zero-order valence-electron chi connectivity index (χ0n) is 10.7. The van der Waals surface area contributed by atoms with Gasteiger partial charge < -0.3 is 10.6 Å². The summed E-state index contributed by atoms with van der Waals surface area (Å²) in [5.41, 5.74) is 0.440. The quantitative estimate of drug-likeness (QED) is 0.867. The van der Waals surface area contributed by atoms with Crippen LogP contribution in [-0.4, -0.2) is 24.5 Å². The Balaban J connectivity index is 2.53. The zero-order valence-corrected chi connectivity index (χ0v) is 10.7. The van der Waals surface area contributed by atoms with Crippen molar-refractivity contribution in [2.45, 2.75) is 13.3 Å². The number of amides is 1. The standard InChI is InChI=1S/C14H17N3O/c1-3-8-16-13-11-7-5-4-6-10(11)9-12(17-13)14(18)15-2/h4-7,9H,3,8H2,1-2H3,(H,15,18)(H,16,17). The number of pyridine rings is 1. The lowest BCUT2D eigenvalue weighted by Crippen LogP contribution is -2.20. The van der Waals surface area contributed by atoms with Gasteiger partial charge in [-0.25, -0.2) is 4.98 Å². The molecule has 2 rings (SSSR count). The second-order valence-electron chi connectivity index (χ2n) is 4.08. The summed E-state index contributed by atoms with van der Waals surface area (Å²) >= 11 is 0. The maximum absolute atomic E-state index is 11.7. The van der Waals surface area contributed by atoms with Gasteiger partial charge in [-0.3, -0.25) is 4.79 Å². The van der Waals surface area contributed by atoms with Crippen molar-refractivity contribution < 1.29 is 4.79 Å². The highest BCUT2D eigenvalue weighted by Gasteiger charge is 2.10. The number of hydrogen-bond acceptors (Lipinski definition) is 3. The second-order valence-corrected chi connectivity index (χ2v) is 4.08. The van der Waals surface area contributed by atoms with Crippen LogP contribution in [0.4, 0.5) is 5.82 Å². The Morgan fingerprint density at radius 3 is 2.83 bits per heavy atom. The molecule has 0 aliphatic carbocycles. The second kappa shape index (κ2) is 5.49. The number of nitrogens with zero attached hydrogens (tertiary/aromatic N) is 1. The maximum atomic E-state index is 11.7. The Hall–Kier alpha value is -2.10. The Morgan fingerprint density at radius 1 is 1.33 bits per heavy atom. The minimum Gasteiger partial charge on any atom is -0.370 e. The van der Waals surface area contributed by atoms with Crippen LogP contribution in [0.15, 0.2) is 30.3 Å². The van der Waals surface area contributed by atoms with Crippen molar-refractivity contribution in [3.8, 4) is 0 Å². The van der Waals surface area contributed by atoms with Crippen LogP contribution in [0.3, 0.4) is 0 Å². The number of rotatable bonds is 4. The number of nitrogens with one attached hydrogen (secondary N) is 2. The summed E-state index contributed by atoms with van der Waals surface area (Å²) in [5, 5.41) is 7.92. The monoisotopic (exact) mass is 243 g/mol. The van der Waals surface area contributed by atoms with Gasteiger partial charge in [-0.2, -0.15) is 0 Å². The fourth-order valence-electron chi connectivity index (χ4n) is 1.82. The van der Waals surface area contributed by atoms with E-state index in [0.29, 0.717) is 5.69 Å². The first kappa shape index (κ1) is 12.4. The molecule has 0 spiro atoms. The fraction of sp³-hybridized carbons (Fsp3) is 0.286. The van der Waals surface area contributed by atoms with Gasteiger partial charge in [0, 0.05) is 19.0 Å². The SMILES string of the molecule is CCCNc1nc(C(=O)NC)cc2ccccc12. The van der Waals surface area contributed by atoms with E-state index in [4.69, 9.17) is 0 Å². The number of anilines is 1. The first-order chi connectivity index (χ1) is 8.76. The third kappa shape index (κ3) is 2.42. The molecule has 18 heavy (non-hydrogen) atoms. The van der Waals surface area contributed by atoms with Crippen LogP contribution in [0.25, 0.3) is 10.8 Å². The van der Waals surface area contributed by atoms with Gasteiger partial charge in [0.15, 0.2) is 0 Å². The first-order valence-electron chi connectivity index (χ1n) is 6.12. The lowest BCUT2D eigenvalue weighted by molar-refractivity contribution is 0.0958. The van der Waals surface area contributed by atoms with Crippen molar-refractivity contribution >= 4 is 22.5 Å². The average molecular weight is 243 g/mol. The van der Waals surface area contributed by atoms with E-state index < -0.39 is 0 Å². The Labute approximate surface area is 106 Å². The molecule has 4 nitrogen and oxygen atoms in total. The van der Waals surface area contributed by atoms with Crippen LogP contribution in [0.2, 0.25) is 0 Å². The molecular weight excluding hydrogens is 226 g/mol. The van der Waals surface area contributed by atoms with Crippen LogP contribution in [0, 0.1) is 0 Å². The van der Waals surface area contributed by atoms with Crippen molar-refractivity contribution in [3.05, 3.63) is 36.0 Å². The molecule has 0 radical (unpaired) electrons. The third-order valence-electron chi connectivity index (χ3n) is 2.74. The number of fused-ring (bicyclic) bond motifs is 1. The smallest absolute Gasteiger partial charge is 0.269 e. The minimum absolute atomic E-state index is 0.166. The summed E-state index contributed by atoms with van der Waals surface area (Å²) in [5.74, 6) is 0.605. The molecule has 0 unspecified atom stereocenters. The van der Waals surface area contributed by atoms with Gasteiger partial charge in [0.1, 0.15) is 11.5 Å². The van der Waals surface area contributed by atoms with E-state index in [1.165, 1.54) is 0 Å². The summed E-state index contributed by atoms with van der Waals surface area (Å²) in [4.78, 5) is 16.1. The van der Waals surface area contributed by atoms with Gasteiger partial charge in [0.05, 0.1) is 0 Å². The Bertz CT molecular complexity index is 566. The lowest BCUT2D eigenvalue weighted by Gasteiger charge is -2.10. The molecule has 2 N–H and O–H groups in total. The minimum atomic E-state index is -0.166. The molecular formula is C14H17N3O. The van der Waals surface area contributed by atoms with Crippen molar-refractivity contribution in [3.63, 3.8) is 0 Å². The zero-order chi connectivity index (χ0) is 13.0. The van der Waals surface area contributed by atoms with Crippen LogP contribution < -0.4 is 10.6 Å². The third-order valence-corrected chi connectivity index (χ3v) is 2.74. The molecule has 2 aromatic rings. The number of aromatic nitrogens is 1. The highest BCUT2D eigenvalue weighted by molar-refractivity contribution is 6.00. The van der Waals surface area contributed by atoms with Crippen molar-refractivity contribution in [1.29, 1.82) is 0 Å². The van der Waals surface area contributed by atoms with Crippen LogP contribution in [-0.2, 0) is 0 Å². The molecule has 4 heteroatoms. The maximum Gasteiger partial charge on any atom is 0.269 e. The molecule has 1 heterocycles. The molecule has 0 aliphatic rings. The van der Waals surface area contributed by atoms with Gasteiger partial charge in [-0.1, -0.05) is 31.2 Å². The summed E-state index contributed by atoms with van der Waals surface area (Å²) in [6.07, 6.45) is 1.01. The molecule has 0 fully saturated rings. The van der Waals surface area contributed by atoms with E-state index >= 15 is 0 Å². The molecule has 0 bridgehead atoms. The molecule has 0 aliphatic heterocycles. The summed E-state index contributed by atoms with van der Waals surface area (Å²) in [6.45, 7) is 2.94. The average Bonchev–Trinajstić information content (AvgIpc) is 2.43. The van der Waals surface area contributed by atoms with Crippen molar-refractivity contribution in [2.75, 3.05) is 18.9 Å².